The maximum absolute atomic E-state index is 9.50. The Bertz CT molecular complexity index is 133. The van der Waals surface area contributed by atoms with Crippen molar-refractivity contribution in [2.24, 2.45) is 5.92 Å². The molecule has 0 aliphatic heterocycles. The second kappa shape index (κ2) is 22.6. The molecule has 0 saturated heterocycles. The van der Waals surface area contributed by atoms with Crippen LogP contribution >= 0.6 is 0 Å². The summed E-state index contributed by atoms with van der Waals surface area (Å²) in [5.74, 6) is 0.204. The fourth-order valence-electron chi connectivity index (χ4n) is 0.118. The lowest BCUT2D eigenvalue weighted by molar-refractivity contribution is -0.110. The highest BCUT2D eigenvalue weighted by Crippen LogP contribution is 1.78. The second-order valence-corrected chi connectivity index (χ2v) is 2.71. The van der Waals surface area contributed by atoms with E-state index in [1.54, 1.807) is 0 Å². The quantitative estimate of drug-likeness (QED) is 0.516. The third-order valence-electron chi connectivity index (χ3n) is 0.775. The number of carbonyl (C=O) groups excluding carboxylic acids is 3. The highest BCUT2D eigenvalue weighted by atomic mass is 16.1. The summed E-state index contributed by atoms with van der Waals surface area (Å²) < 4.78 is 0. The van der Waals surface area contributed by atoms with Gasteiger partial charge >= 0.3 is 0 Å². The maximum atomic E-state index is 9.50. The lowest BCUT2D eigenvalue weighted by Crippen LogP contribution is -1.82. The molecule has 0 N–H and O–H groups in total. The van der Waals surface area contributed by atoms with E-state index in [2.05, 4.69) is 6.58 Å². The minimum atomic E-state index is 0.204. The van der Waals surface area contributed by atoms with Gasteiger partial charge in [0.2, 0.25) is 0 Å². The first-order valence-electron chi connectivity index (χ1n) is 4.55. The molecule has 3 heteroatoms. The van der Waals surface area contributed by atoms with Gasteiger partial charge in [-0.15, -0.1) is 0 Å². The fourth-order valence-corrected chi connectivity index (χ4v) is 0.118. The molecule has 0 spiro atoms. The van der Waals surface area contributed by atoms with E-state index in [0.717, 1.165) is 19.0 Å². The van der Waals surface area contributed by atoms with Crippen LogP contribution in [0.2, 0.25) is 0 Å². The normalized spacial score (nSPS) is 7.14. The molecule has 0 aromatic rings. The Kier molecular flexibility index (Phi) is 29.9. The van der Waals surface area contributed by atoms with Crippen LogP contribution in [-0.4, -0.2) is 18.9 Å². The molecule has 82 valence electrons. The molecule has 0 aliphatic rings. The van der Waals surface area contributed by atoms with Gasteiger partial charge in [-0.1, -0.05) is 27.4 Å². The zero-order valence-corrected chi connectivity index (χ0v) is 9.23. The molecule has 0 atom stereocenters. The standard InChI is InChI=1S/2C4H8O.C3H4O/c1-4(2)3-5;1-2-3-4-5;1-2-3-4/h3-4H,1-2H3;4H,2-3H2,1H3;2-3H,1H2. The van der Waals surface area contributed by atoms with Gasteiger partial charge in [-0.05, 0) is 12.5 Å². The van der Waals surface area contributed by atoms with Gasteiger partial charge in [0.25, 0.3) is 0 Å². The number of aldehydes is 3. The maximum Gasteiger partial charge on any atom is 0.142 e. The molecule has 0 radical (unpaired) electrons. The minimum Gasteiger partial charge on any atom is -0.303 e. The number of hydrogen-bond acceptors (Lipinski definition) is 3. The van der Waals surface area contributed by atoms with Crippen molar-refractivity contribution in [3.8, 4) is 0 Å². The molecule has 14 heavy (non-hydrogen) atoms. The van der Waals surface area contributed by atoms with E-state index in [9.17, 15) is 9.59 Å². The molecule has 0 saturated carbocycles. The average Bonchev–Trinajstić information content (AvgIpc) is 2.20. The SMILES string of the molecule is C=CC=O.CC(C)C=O.CCCC=O. The Balaban J connectivity index is -0.000000131. The highest BCUT2D eigenvalue weighted by molar-refractivity contribution is 5.63. The number of carbonyl (C=O) groups is 3. The summed E-state index contributed by atoms with van der Waals surface area (Å²) >= 11 is 0. The van der Waals surface area contributed by atoms with Crippen LogP contribution in [0.5, 0.6) is 0 Å². The summed E-state index contributed by atoms with van der Waals surface area (Å²) in [4.78, 5) is 28.0. The highest BCUT2D eigenvalue weighted by Gasteiger charge is 1.79. The van der Waals surface area contributed by atoms with Crippen LogP contribution in [-0.2, 0) is 14.4 Å². The molecule has 0 bridgehead atoms. The lowest BCUT2D eigenvalue weighted by Gasteiger charge is -1.78. The van der Waals surface area contributed by atoms with Crippen molar-refractivity contribution in [1.29, 1.82) is 0 Å². The van der Waals surface area contributed by atoms with Crippen molar-refractivity contribution >= 4 is 18.9 Å². The molecule has 0 amide bonds. The van der Waals surface area contributed by atoms with Gasteiger partial charge in [0.15, 0.2) is 0 Å². The van der Waals surface area contributed by atoms with Gasteiger partial charge in [-0.2, -0.15) is 0 Å². The molecule has 0 aromatic carbocycles. The van der Waals surface area contributed by atoms with Crippen LogP contribution in [0.4, 0.5) is 0 Å². The topological polar surface area (TPSA) is 51.2 Å². The molecule has 0 fully saturated rings. The van der Waals surface area contributed by atoms with Crippen molar-refractivity contribution in [2.75, 3.05) is 0 Å². The van der Waals surface area contributed by atoms with Gasteiger partial charge in [0, 0.05) is 12.3 Å². The molecular weight excluding hydrogens is 180 g/mol. The van der Waals surface area contributed by atoms with E-state index in [1.807, 2.05) is 20.8 Å². The fraction of sp³-hybridized carbons (Fsp3) is 0.545. The molecule has 3 nitrogen and oxygen atoms in total. The minimum absolute atomic E-state index is 0.204. The van der Waals surface area contributed by atoms with Crippen LogP contribution < -0.4 is 0 Å². The molecular formula is C11H20O3. The summed E-state index contributed by atoms with van der Waals surface area (Å²) in [6, 6.07) is 0. The molecule has 0 heterocycles. The zero-order chi connectivity index (χ0) is 11.8. The van der Waals surface area contributed by atoms with Crippen LogP contribution in [0.3, 0.4) is 0 Å². The predicted octanol–water partition coefficient (Wildman–Crippen LogP) is 2.20. The van der Waals surface area contributed by atoms with Crippen LogP contribution in [0.25, 0.3) is 0 Å². The first-order chi connectivity index (χ1) is 6.60. The summed E-state index contributed by atoms with van der Waals surface area (Å²) in [6.07, 6.45) is 5.36. The monoisotopic (exact) mass is 200 g/mol. The Morgan fingerprint density at radius 1 is 1.21 bits per heavy atom. The van der Waals surface area contributed by atoms with Crippen molar-refractivity contribution in [1.82, 2.24) is 0 Å². The first kappa shape index (κ1) is 18.5. The van der Waals surface area contributed by atoms with Crippen LogP contribution in [0, 0.1) is 5.92 Å². The first-order valence-corrected chi connectivity index (χ1v) is 4.55. The third-order valence-corrected chi connectivity index (χ3v) is 0.775. The zero-order valence-electron chi connectivity index (χ0n) is 9.23. The summed E-state index contributed by atoms with van der Waals surface area (Å²) in [5, 5.41) is 0. The van der Waals surface area contributed by atoms with Gasteiger partial charge in [-0.3, -0.25) is 4.79 Å². The second-order valence-electron chi connectivity index (χ2n) is 2.71. The van der Waals surface area contributed by atoms with Crippen molar-refractivity contribution in [3.05, 3.63) is 12.7 Å². The molecule has 0 unspecified atom stereocenters. The van der Waals surface area contributed by atoms with Crippen LogP contribution in [0.1, 0.15) is 33.6 Å². The largest absolute Gasteiger partial charge is 0.303 e. The smallest absolute Gasteiger partial charge is 0.142 e. The number of allylic oxidation sites excluding steroid dienone is 1. The van der Waals surface area contributed by atoms with Gasteiger partial charge in [-0.25, -0.2) is 0 Å². The Morgan fingerprint density at radius 3 is 1.57 bits per heavy atom. The van der Waals surface area contributed by atoms with E-state index in [-0.39, 0.29) is 5.92 Å². The third kappa shape index (κ3) is 72.7. The number of hydrogen-bond donors (Lipinski definition) is 0. The lowest BCUT2D eigenvalue weighted by atomic mass is 10.3. The molecule has 0 rings (SSSR count). The van der Waals surface area contributed by atoms with Crippen molar-refractivity contribution in [2.45, 2.75) is 33.6 Å². The van der Waals surface area contributed by atoms with Gasteiger partial charge in [0.05, 0.1) is 0 Å². The van der Waals surface area contributed by atoms with Crippen LogP contribution in [0.15, 0.2) is 12.7 Å². The molecule has 0 aromatic heterocycles. The van der Waals surface area contributed by atoms with E-state index >= 15 is 0 Å². The number of rotatable bonds is 4. The van der Waals surface area contributed by atoms with Gasteiger partial charge < -0.3 is 9.59 Å². The average molecular weight is 200 g/mol. The summed E-state index contributed by atoms with van der Waals surface area (Å²) in [7, 11) is 0. The van der Waals surface area contributed by atoms with Crippen molar-refractivity contribution in [3.63, 3.8) is 0 Å². The summed E-state index contributed by atoms with van der Waals surface area (Å²) in [5.41, 5.74) is 0. The summed E-state index contributed by atoms with van der Waals surface area (Å²) in [6.45, 7) is 8.80. The Hall–Kier alpha value is -1.25. The van der Waals surface area contributed by atoms with E-state index in [0.29, 0.717) is 12.7 Å². The van der Waals surface area contributed by atoms with Gasteiger partial charge in [0.1, 0.15) is 18.9 Å². The van der Waals surface area contributed by atoms with E-state index in [4.69, 9.17) is 4.79 Å². The number of unbranched alkanes of at least 4 members (excludes halogenated alkanes) is 1. The Labute approximate surface area is 86.2 Å². The van der Waals surface area contributed by atoms with E-state index < -0.39 is 0 Å². The Morgan fingerprint density at radius 2 is 1.57 bits per heavy atom. The van der Waals surface area contributed by atoms with E-state index in [1.165, 1.54) is 6.08 Å². The van der Waals surface area contributed by atoms with Crippen molar-refractivity contribution < 1.29 is 14.4 Å². The molecule has 0 aliphatic carbocycles. The predicted molar refractivity (Wildman–Crippen MR) is 58.1 cm³/mol.